The molecule has 2 rings (SSSR count). The van der Waals surface area contributed by atoms with Crippen LogP contribution in [0.5, 0.6) is 0 Å². The van der Waals surface area contributed by atoms with E-state index in [-0.39, 0.29) is 18.2 Å². The van der Waals surface area contributed by atoms with Crippen molar-refractivity contribution in [2.75, 3.05) is 0 Å². The second-order valence-corrected chi connectivity index (χ2v) is 2.79. The minimum Gasteiger partial charge on any atom is -0.427 e. The van der Waals surface area contributed by atoms with Crippen LogP contribution in [0, 0.1) is 0 Å². The highest BCUT2D eigenvalue weighted by atomic mass is 16.8. The molecular formula is C6H9NO3. The minimum absolute atomic E-state index is 0.0671. The van der Waals surface area contributed by atoms with Gasteiger partial charge in [0.05, 0.1) is 0 Å². The van der Waals surface area contributed by atoms with Crippen molar-refractivity contribution >= 4 is 6.16 Å². The van der Waals surface area contributed by atoms with Gasteiger partial charge >= 0.3 is 6.16 Å². The lowest BCUT2D eigenvalue weighted by molar-refractivity contribution is 0.108. The van der Waals surface area contributed by atoms with Gasteiger partial charge in [0.15, 0.2) is 0 Å². The molecule has 1 unspecified atom stereocenters. The Balaban J connectivity index is 2.06. The number of hydrogen-bond donors (Lipinski definition) is 1. The summed E-state index contributed by atoms with van der Waals surface area (Å²) in [4.78, 5) is 10.5. The molecule has 1 saturated carbocycles. The van der Waals surface area contributed by atoms with Crippen molar-refractivity contribution in [3.63, 3.8) is 0 Å². The number of nitrogens with two attached hydrogens (primary N) is 1. The smallest absolute Gasteiger partial charge is 0.427 e. The lowest BCUT2D eigenvalue weighted by atomic mass is 10.3. The lowest BCUT2D eigenvalue weighted by Gasteiger charge is -2.00. The highest BCUT2D eigenvalue weighted by Crippen LogP contribution is 2.29. The Labute approximate surface area is 58.3 Å². The number of hydrogen-bond acceptors (Lipinski definition) is 4. The second-order valence-electron chi connectivity index (χ2n) is 2.79. The molecule has 3 atom stereocenters. The van der Waals surface area contributed by atoms with Gasteiger partial charge < -0.3 is 15.2 Å². The van der Waals surface area contributed by atoms with Crippen LogP contribution in [0.4, 0.5) is 4.79 Å². The molecule has 2 N–H and O–H groups in total. The van der Waals surface area contributed by atoms with E-state index in [9.17, 15) is 4.79 Å². The van der Waals surface area contributed by atoms with Gasteiger partial charge in [0.2, 0.25) is 0 Å². The summed E-state index contributed by atoms with van der Waals surface area (Å²) in [6, 6.07) is 0.142. The van der Waals surface area contributed by atoms with Crippen LogP contribution >= 0.6 is 0 Å². The number of carbonyl (C=O) groups excluding carboxylic acids is 1. The summed E-state index contributed by atoms with van der Waals surface area (Å²) in [7, 11) is 0. The van der Waals surface area contributed by atoms with Crippen LogP contribution in [0.15, 0.2) is 0 Å². The molecule has 0 bridgehead atoms. The first kappa shape index (κ1) is 5.97. The highest BCUT2D eigenvalue weighted by Gasteiger charge is 2.43. The molecule has 2 aliphatic rings. The molecule has 4 nitrogen and oxygen atoms in total. The Morgan fingerprint density at radius 1 is 1.30 bits per heavy atom. The van der Waals surface area contributed by atoms with Gasteiger partial charge in [0.25, 0.3) is 0 Å². The summed E-state index contributed by atoms with van der Waals surface area (Å²) in [5.74, 6) is 0. The van der Waals surface area contributed by atoms with Crippen LogP contribution in [0.3, 0.4) is 0 Å². The Morgan fingerprint density at radius 2 is 1.80 bits per heavy atom. The van der Waals surface area contributed by atoms with Crippen LogP contribution in [0.1, 0.15) is 12.8 Å². The molecule has 0 radical (unpaired) electrons. The van der Waals surface area contributed by atoms with E-state index in [1.54, 1.807) is 0 Å². The van der Waals surface area contributed by atoms with Crippen molar-refractivity contribution < 1.29 is 14.3 Å². The zero-order chi connectivity index (χ0) is 7.14. The number of rotatable bonds is 0. The summed E-state index contributed by atoms with van der Waals surface area (Å²) >= 11 is 0. The van der Waals surface area contributed by atoms with Crippen LogP contribution in [-0.4, -0.2) is 24.4 Å². The van der Waals surface area contributed by atoms with E-state index in [4.69, 9.17) is 15.2 Å². The second kappa shape index (κ2) is 1.85. The summed E-state index contributed by atoms with van der Waals surface area (Å²) in [5, 5.41) is 0. The van der Waals surface area contributed by atoms with Crippen LogP contribution in [0.25, 0.3) is 0 Å². The van der Waals surface area contributed by atoms with Crippen molar-refractivity contribution in [1.82, 2.24) is 0 Å². The Bertz CT molecular complexity index is 154. The fourth-order valence-corrected chi connectivity index (χ4v) is 1.52. The predicted octanol–water partition coefficient (Wildman–Crippen LogP) is 0.0115. The Morgan fingerprint density at radius 3 is 2.30 bits per heavy atom. The first-order valence-corrected chi connectivity index (χ1v) is 3.38. The maximum atomic E-state index is 10.5. The molecular weight excluding hydrogens is 134 g/mol. The number of carbonyl (C=O) groups is 1. The molecule has 1 aliphatic carbocycles. The molecule has 1 saturated heterocycles. The minimum atomic E-state index is -0.540. The van der Waals surface area contributed by atoms with Gasteiger partial charge in [-0.1, -0.05) is 0 Å². The van der Waals surface area contributed by atoms with Gasteiger partial charge in [0, 0.05) is 18.9 Å². The van der Waals surface area contributed by atoms with E-state index >= 15 is 0 Å². The fraction of sp³-hybridized carbons (Fsp3) is 0.833. The van der Waals surface area contributed by atoms with E-state index in [1.165, 1.54) is 0 Å². The molecule has 0 aromatic heterocycles. The maximum absolute atomic E-state index is 10.5. The molecule has 0 spiro atoms. The van der Waals surface area contributed by atoms with Crippen molar-refractivity contribution in [3.8, 4) is 0 Å². The first-order chi connectivity index (χ1) is 4.75. The van der Waals surface area contributed by atoms with Crippen LogP contribution < -0.4 is 5.73 Å². The van der Waals surface area contributed by atoms with Crippen LogP contribution in [-0.2, 0) is 9.47 Å². The van der Waals surface area contributed by atoms with Crippen molar-refractivity contribution in [2.45, 2.75) is 31.1 Å². The van der Waals surface area contributed by atoms with E-state index in [0.717, 1.165) is 12.8 Å². The van der Waals surface area contributed by atoms with Crippen molar-refractivity contribution in [1.29, 1.82) is 0 Å². The summed E-state index contributed by atoms with van der Waals surface area (Å²) in [5.41, 5.74) is 5.60. The van der Waals surface area contributed by atoms with Crippen LogP contribution in [0.2, 0.25) is 0 Å². The summed E-state index contributed by atoms with van der Waals surface area (Å²) in [6.07, 6.45) is 0.819. The molecule has 0 aromatic carbocycles. The topological polar surface area (TPSA) is 61.5 Å². The standard InChI is InChI=1S/C6H9NO3/c7-3-1-4-5(2-3)10-6(8)9-4/h3-5H,1-2,7H2/t3?,4-,5+. The molecule has 56 valence electrons. The number of ether oxygens (including phenoxy) is 2. The third-order valence-electron chi connectivity index (χ3n) is 1.98. The molecule has 10 heavy (non-hydrogen) atoms. The first-order valence-electron chi connectivity index (χ1n) is 3.38. The summed E-state index contributed by atoms with van der Waals surface area (Å²) < 4.78 is 9.63. The Hall–Kier alpha value is -0.770. The molecule has 0 aromatic rings. The fourth-order valence-electron chi connectivity index (χ4n) is 1.52. The lowest BCUT2D eigenvalue weighted by Crippen LogP contribution is -2.18. The van der Waals surface area contributed by atoms with Gasteiger partial charge in [-0.15, -0.1) is 0 Å². The van der Waals surface area contributed by atoms with E-state index in [1.807, 2.05) is 0 Å². The van der Waals surface area contributed by atoms with Gasteiger partial charge in [-0.3, -0.25) is 0 Å². The van der Waals surface area contributed by atoms with Gasteiger partial charge in [-0.2, -0.15) is 0 Å². The monoisotopic (exact) mass is 143 g/mol. The predicted molar refractivity (Wildman–Crippen MR) is 32.4 cm³/mol. The van der Waals surface area contributed by atoms with Crippen molar-refractivity contribution in [3.05, 3.63) is 0 Å². The largest absolute Gasteiger partial charge is 0.509 e. The van der Waals surface area contributed by atoms with Gasteiger partial charge in [-0.05, 0) is 0 Å². The maximum Gasteiger partial charge on any atom is 0.509 e. The molecule has 0 amide bonds. The number of fused-ring (bicyclic) bond motifs is 1. The summed E-state index contributed by atoms with van der Waals surface area (Å²) in [6.45, 7) is 0. The highest BCUT2D eigenvalue weighted by molar-refractivity contribution is 5.62. The SMILES string of the molecule is NC1C[C@@H]2OC(=O)O[C@@H]2C1. The zero-order valence-corrected chi connectivity index (χ0v) is 5.45. The zero-order valence-electron chi connectivity index (χ0n) is 5.45. The van der Waals surface area contributed by atoms with Gasteiger partial charge in [-0.25, -0.2) is 4.79 Å². The quantitative estimate of drug-likeness (QED) is 0.485. The average molecular weight is 143 g/mol. The third kappa shape index (κ3) is 0.759. The van der Waals surface area contributed by atoms with E-state index in [0.29, 0.717) is 0 Å². The molecule has 1 aliphatic heterocycles. The Kier molecular flexibility index (Phi) is 1.11. The third-order valence-corrected chi connectivity index (χ3v) is 1.98. The van der Waals surface area contributed by atoms with Crippen molar-refractivity contribution in [2.24, 2.45) is 5.73 Å². The van der Waals surface area contributed by atoms with E-state index in [2.05, 4.69) is 0 Å². The van der Waals surface area contributed by atoms with Gasteiger partial charge in [0.1, 0.15) is 12.2 Å². The van der Waals surface area contributed by atoms with E-state index < -0.39 is 6.16 Å². The normalized spacial score (nSPS) is 44.5. The molecule has 2 fully saturated rings. The average Bonchev–Trinajstić information content (AvgIpc) is 2.21. The molecule has 4 heteroatoms. The molecule has 1 heterocycles.